The molecule has 100 valence electrons. The van der Waals surface area contributed by atoms with Gasteiger partial charge in [-0.3, -0.25) is 4.79 Å². The summed E-state index contributed by atoms with van der Waals surface area (Å²) in [7, 11) is 0. The number of nitrogens with one attached hydrogen (secondary N) is 1. The van der Waals surface area contributed by atoms with Gasteiger partial charge in [-0.25, -0.2) is 0 Å². The van der Waals surface area contributed by atoms with E-state index in [4.69, 9.17) is 4.52 Å². The molecule has 19 heavy (non-hydrogen) atoms. The molecule has 1 unspecified atom stereocenters. The first kappa shape index (κ1) is 13.3. The first-order valence-electron chi connectivity index (χ1n) is 6.34. The van der Waals surface area contributed by atoms with Crippen molar-refractivity contribution in [3.8, 4) is 0 Å². The molecule has 1 aromatic heterocycles. The zero-order valence-corrected chi connectivity index (χ0v) is 11.4. The van der Waals surface area contributed by atoms with E-state index in [2.05, 4.69) is 10.5 Å². The van der Waals surface area contributed by atoms with Gasteiger partial charge in [0.15, 0.2) is 0 Å². The van der Waals surface area contributed by atoms with Crippen LogP contribution in [0.15, 0.2) is 34.9 Å². The van der Waals surface area contributed by atoms with Crippen molar-refractivity contribution in [3.63, 3.8) is 0 Å². The van der Waals surface area contributed by atoms with Gasteiger partial charge in [-0.2, -0.15) is 0 Å². The summed E-state index contributed by atoms with van der Waals surface area (Å²) in [5.41, 5.74) is 2.74. The minimum Gasteiger partial charge on any atom is -0.361 e. The minimum atomic E-state index is -0.0225. The van der Waals surface area contributed by atoms with Gasteiger partial charge in [-0.05, 0) is 26.3 Å². The number of hydrogen-bond acceptors (Lipinski definition) is 3. The van der Waals surface area contributed by atoms with Gasteiger partial charge >= 0.3 is 0 Å². The molecule has 0 spiro atoms. The standard InChI is InChI=1S/C15H18N2O2/c1-10(13-7-5-4-6-8-13)16-15(18)9-14-11(2)17-19-12(14)3/h4-8,10H,9H2,1-3H3,(H,16,18). The van der Waals surface area contributed by atoms with Gasteiger partial charge in [0.05, 0.1) is 18.2 Å². The van der Waals surface area contributed by atoms with Crippen molar-refractivity contribution in [2.24, 2.45) is 0 Å². The van der Waals surface area contributed by atoms with Gasteiger partial charge in [-0.1, -0.05) is 35.5 Å². The van der Waals surface area contributed by atoms with Crippen molar-refractivity contribution >= 4 is 5.91 Å². The van der Waals surface area contributed by atoms with Crippen LogP contribution >= 0.6 is 0 Å². The van der Waals surface area contributed by atoms with E-state index in [-0.39, 0.29) is 11.9 Å². The number of nitrogens with zero attached hydrogens (tertiary/aromatic N) is 1. The van der Waals surface area contributed by atoms with Crippen LogP contribution < -0.4 is 5.32 Å². The molecule has 0 radical (unpaired) electrons. The smallest absolute Gasteiger partial charge is 0.225 e. The van der Waals surface area contributed by atoms with Crippen LogP contribution in [-0.4, -0.2) is 11.1 Å². The molecule has 1 atom stereocenters. The molecule has 1 aromatic carbocycles. The predicted octanol–water partition coefficient (Wildman–Crippen LogP) is 2.71. The SMILES string of the molecule is Cc1noc(C)c1CC(=O)NC(C)c1ccccc1. The normalized spacial score (nSPS) is 12.2. The minimum absolute atomic E-state index is 0.00540. The maximum Gasteiger partial charge on any atom is 0.225 e. The summed E-state index contributed by atoms with van der Waals surface area (Å²) >= 11 is 0. The quantitative estimate of drug-likeness (QED) is 0.917. The number of carbonyl (C=O) groups excluding carboxylic acids is 1. The van der Waals surface area contributed by atoms with Crippen molar-refractivity contribution in [3.05, 3.63) is 52.9 Å². The van der Waals surface area contributed by atoms with Gasteiger partial charge in [0.1, 0.15) is 5.76 Å². The van der Waals surface area contributed by atoms with Gasteiger partial charge in [0, 0.05) is 5.56 Å². The summed E-state index contributed by atoms with van der Waals surface area (Å²) < 4.78 is 5.06. The molecule has 1 heterocycles. The summed E-state index contributed by atoms with van der Waals surface area (Å²) in [5.74, 6) is 0.686. The number of aryl methyl sites for hydroxylation is 2. The van der Waals surface area contributed by atoms with E-state index in [9.17, 15) is 4.79 Å². The fourth-order valence-corrected chi connectivity index (χ4v) is 2.03. The van der Waals surface area contributed by atoms with Crippen LogP contribution in [0.5, 0.6) is 0 Å². The Balaban J connectivity index is 1.99. The van der Waals surface area contributed by atoms with Crippen LogP contribution in [0, 0.1) is 13.8 Å². The van der Waals surface area contributed by atoms with E-state index in [0.717, 1.165) is 16.8 Å². The van der Waals surface area contributed by atoms with Crippen molar-refractivity contribution in [2.45, 2.75) is 33.2 Å². The molecular weight excluding hydrogens is 240 g/mol. The van der Waals surface area contributed by atoms with Crippen molar-refractivity contribution in [1.82, 2.24) is 10.5 Å². The number of rotatable bonds is 4. The second-order valence-corrected chi connectivity index (χ2v) is 4.68. The van der Waals surface area contributed by atoms with Gasteiger partial charge in [-0.15, -0.1) is 0 Å². The number of aromatic nitrogens is 1. The molecular formula is C15H18N2O2. The molecule has 0 saturated heterocycles. The fourth-order valence-electron chi connectivity index (χ4n) is 2.03. The van der Waals surface area contributed by atoms with E-state index in [1.54, 1.807) is 0 Å². The summed E-state index contributed by atoms with van der Waals surface area (Å²) in [5, 5.41) is 6.83. The Morgan fingerprint density at radius 3 is 2.58 bits per heavy atom. The third-order valence-electron chi connectivity index (χ3n) is 3.20. The number of benzene rings is 1. The first-order chi connectivity index (χ1) is 9.08. The van der Waals surface area contributed by atoms with Crippen LogP contribution in [0.2, 0.25) is 0 Å². The molecule has 0 bridgehead atoms. The monoisotopic (exact) mass is 258 g/mol. The van der Waals surface area contributed by atoms with Gasteiger partial charge in [0.25, 0.3) is 0 Å². The third-order valence-corrected chi connectivity index (χ3v) is 3.20. The highest BCUT2D eigenvalue weighted by Crippen LogP contribution is 2.15. The summed E-state index contributed by atoms with van der Waals surface area (Å²) in [6.07, 6.45) is 0.304. The topological polar surface area (TPSA) is 55.1 Å². The van der Waals surface area contributed by atoms with Crippen molar-refractivity contribution in [1.29, 1.82) is 0 Å². The van der Waals surface area contributed by atoms with E-state index in [1.165, 1.54) is 0 Å². The maximum absolute atomic E-state index is 12.0. The van der Waals surface area contributed by atoms with Crippen molar-refractivity contribution < 1.29 is 9.32 Å². The lowest BCUT2D eigenvalue weighted by Gasteiger charge is -2.14. The van der Waals surface area contributed by atoms with E-state index < -0.39 is 0 Å². The molecule has 2 rings (SSSR count). The molecule has 0 aliphatic heterocycles. The summed E-state index contributed by atoms with van der Waals surface area (Å²) in [4.78, 5) is 12.0. The van der Waals surface area contributed by atoms with E-state index >= 15 is 0 Å². The van der Waals surface area contributed by atoms with E-state index in [1.807, 2.05) is 51.1 Å². The number of carbonyl (C=O) groups is 1. The first-order valence-corrected chi connectivity index (χ1v) is 6.34. The largest absolute Gasteiger partial charge is 0.361 e. The molecule has 1 N–H and O–H groups in total. The molecule has 4 nitrogen and oxygen atoms in total. The van der Waals surface area contributed by atoms with Crippen LogP contribution in [0.25, 0.3) is 0 Å². The average molecular weight is 258 g/mol. The lowest BCUT2D eigenvalue weighted by atomic mass is 10.1. The molecule has 1 amide bonds. The average Bonchev–Trinajstić information content (AvgIpc) is 2.71. The highest BCUT2D eigenvalue weighted by Gasteiger charge is 2.15. The van der Waals surface area contributed by atoms with Crippen LogP contribution in [0.3, 0.4) is 0 Å². The third kappa shape index (κ3) is 3.22. The Morgan fingerprint density at radius 2 is 2.00 bits per heavy atom. The van der Waals surface area contributed by atoms with Crippen LogP contribution in [-0.2, 0) is 11.2 Å². The second-order valence-electron chi connectivity index (χ2n) is 4.68. The zero-order valence-electron chi connectivity index (χ0n) is 11.4. The Labute approximate surface area is 112 Å². The molecule has 0 saturated carbocycles. The lowest BCUT2D eigenvalue weighted by Crippen LogP contribution is -2.28. The summed E-state index contributed by atoms with van der Waals surface area (Å²) in [6, 6.07) is 9.89. The van der Waals surface area contributed by atoms with Gasteiger partial charge in [0.2, 0.25) is 5.91 Å². The zero-order chi connectivity index (χ0) is 13.8. The Hall–Kier alpha value is -2.10. The fraction of sp³-hybridized carbons (Fsp3) is 0.333. The molecule has 4 heteroatoms. The molecule has 0 fully saturated rings. The lowest BCUT2D eigenvalue weighted by molar-refractivity contribution is -0.121. The maximum atomic E-state index is 12.0. The van der Waals surface area contributed by atoms with Crippen molar-refractivity contribution in [2.75, 3.05) is 0 Å². The van der Waals surface area contributed by atoms with E-state index in [0.29, 0.717) is 12.2 Å². The molecule has 0 aliphatic rings. The second kappa shape index (κ2) is 5.69. The highest BCUT2D eigenvalue weighted by molar-refractivity contribution is 5.79. The molecule has 2 aromatic rings. The highest BCUT2D eigenvalue weighted by atomic mass is 16.5. The van der Waals surface area contributed by atoms with Crippen LogP contribution in [0.4, 0.5) is 0 Å². The number of amides is 1. The Morgan fingerprint density at radius 1 is 1.32 bits per heavy atom. The number of hydrogen-bond donors (Lipinski definition) is 1. The summed E-state index contributed by atoms with van der Waals surface area (Å²) in [6.45, 7) is 5.64. The predicted molar refractivity (Wildman–Crippen MR) is 72.7 cm³/mol. The Kier molecular flexibility index (Phi) is 4.00. The Bertz CT molecular complexity index is 541. The van der Waals surface area contributed by atoms with Crippen LogP contribution in [0.1, 0.15) is 35.5 Å². The van der Waals surface area contributed by atoms with Gasteiger partial charge < -0.3 is 9.84 Å². The molecule has 0 aliphatic carbocycles.